The number of allylic oxidation sites excluding steroid dienone is 4. The van der Waals surface area contributed by atoms with E-state index in [-0.39, 0.29) is 0 Å². The van der Waals surface area contributed by atoms with Crippen LogP contribution in [0.1, 0.15) is 33.1 Å². The van der Waals surface area contributed by atoms with Crippen LogP contribution in [0.3, 0.4) is 0 Å². The van der Waals surface area contributed by atoms with Crippen LogP contribution in [0, 0.1) is 5.41 Å². The molecule has 0 aromatic heterocycles. The largest absolute Gasteiger partial charge is 0.314 e. The Labute approximate surface area is 140 Å². The maximum absolute atomic E-state index is 6.10. The summed E-state index contributed by atoms with van der Waals surface area (Å²) in [4.78, 5) is 2.63. The Kier molecular flexibility index (Phi) is 5.35. The SMILES string of the molecule is CC1(C)CCC(CN2CCNCC2)=C([PH]2=CC=C(Cl)C=C2)C1. The normalized spacial score (nSPS) is 29.2. The van der Waals surface area contributed by atoms with Crippen LogP contribution in [0.15, 0.2) is 33.9 Å². The van der Waals surface area contributed by atoms with E-state index in [2.05, 4.69) is 47.8 Å². The molecule has 0 saturated carbocycles. The molecule has 1 atom stereocenters. The van der Waals surface area contributed by atoms with Crippen molar-refractivity contribution in [2.45, 2.75) is 33.1 Å². The van der Waals surface area contributed by atoms with Gasteiger partial charge in [0, 0.05) is 37.8 Å². The molecule has 0 amide bonds. The predicted octanol–water partition coefficient (Wildman–Crippen LogP) is 4.02. The molecule has 0 aromatic carbocycles. The molecule has 0 radical (unpaired) electrons. The summed E-state index contributed by atoms with van der Waals surface area (Å²) in [6.07, 6.45) is 8.07. The van der Waals surface area contributed by atoms with Crippen LogP contribution < -0.4 is 5.32 Å². The fourth-order valence-corrected chi connectivity index (χ4v) is 6.47. The minimum Gasteiger partial charge on any atom is -0.314 e. The zero-order valence-corrected chi connectivity index (χ0v) is 15.5. The number of rotatable bonds is 3. The molecule has 3 rings (SSSR count). The van der Waals surface area contributed by atoms with E-state index in [1.165, 1.54) is 38.9 Å². The summed E-state index contributed by atoms with van der Waals surface area (Å²) in [7, 11) is -0.679. The highest BCUT2D eigenvalue weighted by Crippen LogP contribution is 2.51. The van der Waals surface area contributed by atoms with Gasteiger partial charge in [-0.25, -0.2) is 0 Å². The second kappa shape index (κ2) is 7.09. The van der Waals surface area contributed by atoms with E-state index in [0.29, 0.717) is 5.41 Å². The first-order valence-electron chi connectivity index (χ1n) is 8.43. The first-order chi connectivity index (χ1) is 10.5. The van der Waals surface area contributed by atoms with Crippen molar-refractivity contribution in [1.29, 1.82) is 0 Å². The fraction of sp³-hybridized carbons (Fsp3) is 0.611. The number of halogens is 1. The van der Waals surface area contributed by atoms with Crippen molar-refractivity contribution in [2.75, 3.05) is 32.7 Å². The van der Waals surface area contributed by atoms with Crippen LogP contribution in [-0.2, 0) is 0 Å². The smallest absolute Gasteiger partial charge is 0.0406 e. The van der Waals surface area contributed by atoms with Crippen molar-refractivity contribution in [1.82, 2.24) is 10.2 Å². The van der Waals surface area contributed by atoms with Gasteiger partial charge in [-0.2, -0.15) is 0 Å². The Balaban J connectivity index is 1.85. The molecule has 0 aromatic rings. The van der Waals surface area contributed by atoms with E-state index < -0.39 is 7.55 Å². The summed E-state index contributed by atoms with van der Waals surface area (Å²) >= 11 is 6.10. The van der Waals surface area contributed by atoms with Gasteiger partial charge in [-0.1, -0.05) is 50.2 Å². The minimum absolute atomic E-state index is 0.451. The van der Waals surface area contributed by atoms with Gasteiger partial charge in [-0.3, -0.25) is 4.90 Å². The van der Waals surface area contributed by atoms with Gasteiger partial charge in [-0.15, -0.1) is 0 Å². The van der Waals surface area contributed by atoms with E-state index in [9.17, 15) is 0 Å². The van der Waals surface area contributed by atoms with Crippen molar-refractivity contribution in [3.05, 3.63) is 33.9 Å². The first-order valence-corrected chi connectivity index (χ1v) is 10.5. The molecular weight excluding hydrogens is 311 g/mol. The lowest BCUT2D eigenvalue weighted by Crippen LogP contribution is -2.44. The van der Waals surface area contributed by atoms with E-state index in [1.807, 2.05) is 0 Å². The molecule has 2 nitrogen and oxygen atoms in total. The predicted molar refractivity (Wildman–Crippen MR) is 101 cm³/mol. The number of hydrogen-bond acceptors (Lipinski definition) is 2. The Bertz CT molecular complexity index is 551. The third-order valence-electron chi connectivity index (χ3n) is 5.00. The number of piperazine rings is 1. The van der Waals surface area contributed by atoms with Crippen LogP contribution in [0.2, 0.25) is 0 Å². The molecule has 4 heteroatoms. The second-order valence-electron chi connectivity index (χ2n) is 7.46. The Hall–Kier alpha value is -0.270. The summed E-state index contributed by atoms with van der Waals surface area (Å²) in [5.74, 6) is 4.75. The van der Waals surface area contributed by atoms with Gasteiger partial charge in [0.25, 0.3) is 0 Å². The van der Waals surface area contributed by atoms with Crippen molar-refractivity contribution < 1.29 is 0 Å². The molecule has 2 heterocycles. The lowest BCUT2D eigenvalue weighted by molar-refractivity contribution is 0.246. The molecule has 1 aliphatic carbocycles. The van der Waals surface area contributed by atoms with Crippen molar-refractivity contribution in [2.24, 2.45) is 5.41 Å². The van der Waals surface area contributed by atoms with E-state index in [1.54, 1.807) is 10.9 Å². The maximum atomic E-state index is 6.10. The number of hydrogen-bond donors (Lipinski definition) is 1. The third kappa shape index (κ3) is 4.17. The summed E-state index contributed by atoms with van der Waals surface area (Å²) in [5.41, 5.74) is 2.18. The average molecular weight is 339 g/mol. The number of nitrogens with zero attached hydrogens (tertiary/aromatic N) is 1. The van der Waals surface area contributed by atoms with E-state index in [0.717, 1.165) is 18.1 Å². The van der Waals surface area contributed by atoms with Gasteiger partial charge in [0.2, 0.25) is 0 Å². The molecule has 1 saturated heterocycles. The van der Waals surface area contributed by atoms with Crippen LogP contribution in [0.4, 0.5) is 0 Å². The van der Waals surface area contributed by atoms with Gasteiger partial charge in [-0.05, 0) is 42.1 Å². The molecule has 1 fully saturated rings. The van der Waals surface area contributed by atoms with Gasteiger partial charge >= 0.3 is 0 Å². The minimum atomic E-state index is -0.679. The van der Waals surface area contributed by atoms with Gasteiger partial charge in [0.1, 0.15) is 0 Å². The standard InChI is InChI=1S/C18H28ClN2P/c1-18(2)6-3-15(14-21-9-7-20-8-10-21)17(13-18)22-11-4-16(19)5-12-22/h4-5,11-12,20,22H,3,6-10,13-14H2,1-2H3. The molecule has 1 N–H and O–H groups in total. The molecular formula is C18H28ClN2P. The topological polar surface area (TPSA) is 15.3 Å². The van der Waals surface area contributed by atoms with Crippen LogP contribution in [0.5, 0.6) is 0 Å². The van der Waals surface area contributed by atoms with Crippen molar-refractivity contribution >= 4 is 24.9 Å². The quantitative estimate of drug-likeness (QED) is 0.782. The highest BCUT2D eigenvalue weighted by atomic mass is 35.5. The molecule has 122 valence electrons. The Morgan fingerprint density at radius 2 is 2.09 bits per heavy atom. The second-order valence-corrected chi connectivity index (χ2v) is 10.1. The summed E-state index contributed by atoms with van der Waals surface area (Å²) in [6, 6.07) is 0. The Morgan fingerprint density at radius 3 is 2.77 bits per heavy atom. The molecule has 0 bridgehead atoms. The van der Waals surface area contributed by atoms with Gasteiger partial charge < -0.3 is 5.32 Å². The monoisotopic (exact) mass is 338 g/mol. The zero-order valence-electron chi connectivity index (χ0n) is 13.8. The Morgan fingerprint density at radius 1 is 1.32 bits per heavy atom. The van der Waals surface area contributed by atoms with E-state index in [4.69, 9.17) is 11.6 Å². The molecule has 22 heavy (non-hydrogen) atoms. The maximum Gasteiger partial charge on any atom is 0.0406 e. The lowest BCUT2D eigenvalue weighted by Gasteiger charge is -2.37. The van der Waals surface area contributed by atoms with Crippen LogP contribution in [-0.4, -0.2) is 43.4 Å². The number of nitrogens with one attached hydrogen (secondary N) is 1. The molecule has 3 aliphatic rings. The summed E-state index contributed by atoms with van der Waals surface area (Å²) < 4.78 is 0. The first kappa shape index (κ1) is 16.6. The van der Waals surface area contributed by atoms with Gasteiger partial charge in [0.15, 0.2) is 0 Å². The molecule has 0 spiro atoms. The highest BCUT2D eigenvalue weighted by molar-refractivity contribution is 7.65. The zero-order chi connectivity index (χ0) is 15.6. The summed E-state index contributed by atoms with van der Waals surface area (Å²) in [6.45, 7) is 10.7. The third-order valence-corrected chi connectivity index (χ3v) is 7.53. The lowest BCUT2D eigenvalue weighted by atomic mass is 9.78. The molecule has 2 aliphatic heterocycles. The summed E-state index contributed by atoms with van der Waals surface area (Å²) in [5, 5.41) is 6.07. The van der Waals surface area contributed by atoms with Crippen molar-refractivity contribution in [3.8, 4) is 0 Å². The van der Waals surface area contributed by atoms with Crippen molar-refractivity contribution in [3.63, 3.8) is 0 Å². The molecule has 1 unspecified atom stereocenters. The fourth-order valence-electron chi connectivity index (χ4n) is 3.60. The van der Waals surface area contributed by atoms with Crippen LogP contribution >= 0.6 is 19.1 Å². The van der Waals surface area contributed by atoms with E-state index >= 15 is 0 Å². The van der Waals surface area contributed by atoms with Gasteiger partial charge in [0.05, 0.1) is 0 Å². The van der Waals surface area contributed by atoms with Crippen LogP contribution in [0.25, 0.3) is 0 Å². The highest BCUT2D eigenvalue weighted by Gasteiger charge is 2.28. The average Bonchev–Trinajstić information content (AvgIpc) is 2.51.